The molecule has 0 bridgehead atoms. The summed E-state index contributed by atoms with van der Waals surface area (Å²) in [6, 6.07) is 1.58. The lowest BCUT2D eigenvalue weighted by Crippen LogP contribution is -2.19. The Kier molecular flexibility index (Phi) is 4.32. The van der Waals surface area contributed by atoms with Crippen molar-refractivity contribution in [2.45, 2.75) is 19.9 Å². The van der Waals surface area contributed by atoms with Crippen molar-refractivity contribution in [2.24, 2.45) is 0 Å². The van der Waals surface area contributed by atoms with Gasteiger partial charge in [-0.25, -0.2) is 14.6 Å². The molecule has 2 amide bonds. The van der Waals surface area contributed by atoms with E-state index >= 15 is 0 Å². The molecule has 0 aliphatic rings. The molecule has 0 aliphatic heterocycles. The van der Waals surface area contributed by atoms with Crippen LogP contribution in [0.2, 0.25) is 0 Å². The zero-order chi connectivity index (χ0) is 14.4. The maximum absolute atomic E-state index is 11.7. The summed E-state index contributed by atoms with van der Waals surface area (Å²) >= 11 is 0. The topological polar surface area (TPSA) is 115 Å². The van der Waals surface area contributed by atoms with Crippen LogP contribution in [0.1, 0.15) is 13.3 Å². The van der Waals surface area contributed by atoms with Crippen LogP contribution < -0.4 is 10.6 Å². The molecule has 2 rings (SSSR count). The van der Waals surface area contributed by atoms with Crippen LogP contribution in [0.5, 0.6) is 0 Å². The lowest BCUT2D eigenvalue weighted by molar-refractivity contribution is -0.117. The van der Waals surface area contributed by atoms with Crippen LogP contribution in [0.25, 0.3) is 0 Å². The highest BCUT2D eigenvalue weighted by Crippen LogP contribution is 2.02. The molecular weight excluding hydrogens is 262 g/mol. The van der Waals surface area contributed by atoms with Gasteiger partial charge in [0.05, 0.1) is 6.20 Å². The molecule has 2 aromatic rings. The van der Waals surface area contributed by atoms with E-state index in [9.17, 15) is 9.59 Å². The van der Waals surface area contributed by atoms with Crippen LogP contribution in [-0.4, -0.2) is 36.8 Å². The largest absolute Gasteiger partial charge is 0.309 e. The van der Waals surface area contributed by atoms with Crippen molar-refractivity contribution in [2.75, 3.05) is 10.6 Å². The average molecular weight is 275 g/mol. The Bertz CT molecular complexity index is 596. The number of rotatable bonds is 5. The highest BCUT2D eigenvalue weighted by molar-refractivity contribution is 5.90. The van der Waals surface area contributed by atoms with Crippen LogP contribution in [0.15, 0.2) is 24.8 Å². The maximum Gasteiger partial charge on any atom is 0.247 e. The first-order chi connectivity index (χ1) is 9.67. The van der Waals surface area contributed by atoms with Gasteiger partial charge in [-0.3, -0.25) is 9.59 Å². The fourth-order valence-electron chi connectivity index (χ4n) is 1.36. The van der Waals surface area contributed by atoms with E-state index in [4.69, 9.17) is 0 Å². The fraction of sp³-hybridized carbons (Fsp3) is 0.273. The van der Waals surface area contributed by atoms with Gasteiger partial charge in [-0.1, -0.05) is 12.1 Å². The molecule has 2 N–H and O–H groups in total. The summed E-state index contributed by atoms with van der Waals surface area (Å²) in [6.07, 6.45) is 4.69. The van der Waals surface area contributed by atoms with E-state index in [1.54, 1.807) is 13.0 Å². The molecule has 0 aliphatic carbocycles. The molecule has 0 saturated heterocycles. The van der Waals surface area contributed by atoms with Gasteiger partial charge in [-0.15, -0.1) is 5.10 Å². The number of aromatic nitrogens is 5. The van der Waals surface area contributed by atoms with Crippen LogP contribution in [-0.2, 0) is 16.1 Å². The van der Waals surface area contributed by atoms with E-state index in [1.807, 2.05) is 0 Å². The number of anilines is 2. The molecule has 0 unspecified atom stereocenters. The highest BCUT2D eigenvalue weighted by Gasteiger charge is 2.08. The SMILES string of the molecule is CCC(=O)Nc1cn(CC(=O)Nc2ccncn2)nn1. The van der Waals surface area contributed by atoms with Crippen LogP contribution in [0.3, 0.4) is 0 Å². The molecule has 0 saturated carbocycles. The molecule has 9 nitrogen and oxygen atoms in total. The summed E-state index contributed by atoms with van der Waals surface area (Å²) in [5.74, 6) is 0.251. The summed E-state index contributed by atoms with van der Waals surface area (Å²) in [6.45, 7) is 1.70. The van der Waals surface area contributed by atoms with Crippen molar-refractivity contribution in [3.05, 3.63) is 24.8 Å². The van der Waals surface area contributed by atoms with Crippen molar-refractivity contribution in [3.8, 4) is 0 Å². The third-order valence-corrected chi connectivity index (χ3v) is 2.28. The fourth-order valence-corrected chi connectivity index (χ4v) is 1.36. The van der Waals surface area contributed by atoms with Gasteiger partial charge >= 0.3 is 0 Å². The van der Waals surface area contributed by atoms with E-state index in [0.717, 1.165) is 0 Å². The monoisotopic (exact) mass is 275 g/mol. The second-order valence-electron chi connectivity index (χ2n) is 3.85. The van der Waals surface area contributed by atoms with Crippen molar-refractivity contribution in [1.82, 2.24) is 25.0 Å². The Morgan fingerprint density at radius 3 is 2.75 bits per heavy atom. The van der Waals surface area contributed by atoms with Gasteiger partial charge < -0.3 is 10.6 Å². The molecule has 0 atom stereocenters. The molecule has 9 heteroatoms. The summed E-state index contributed by atoms with van der Waals surface area (Å²) in [5, 5.41) is 12.6. The first kappa shape index (κ1) is 13.6. The second-order valence-corrected chi connectivity index (χ2v) is 3.85. The van der Waals surface area contributed by atoms with Gasteiger partial charge in [0.25, 0.3) is 0 Å². The van der Waals surface area contributed by atoms with Crippen molar-refractivity contribution in [3.63, 3.8) is 0 Å². The highest BCUT2D eigenvalue weighted by atomic mass is 16.2. The van der Waals surface area contributed by atoms with E-state index < -0.39 is 0 Å². The number of hydrogen-bond donors (Lipinski definition) is 2. The Balaban J connectivity index is 1.90. The van der Waals surface area contributed by atoms with Crippen molar-refractivity contribution < 1.29 is 9.59 Å². The Morgan fingerprint density at radius 2 is 2.05 bits per heavy atom. The minimum atomic E-state index is -0.304. The predicted molar refractivity (Wildman–Crippen MR) is 69.6 cm³/mol. The standard InChI is InChI=1S/C11H13N7O2/c1-2-10(19)15-9-5-18(17-16-9)6-11(20)14-8-3-4-12-7-13-8/h3-5,7H,2,6H2,1H3,(H,15,19)(H,12,13,14,20). The second kappa shape index (κ2) is 6.36. The van der Waals surface area contributed by atoms with Gasteiger partial charge in [0.15, 0.2) is 5.82 Å². The van der Waals surface area contributed by atoms with Gasteiger partial charge in [0.2, 0.25) is 11.8 Å². The lowest BCUT2D eigenvalue weighted by Gasteiger charge is -2.02. The molecule has 0 fully saturated rings. The van der Waals surface area contributed by atoms with Gasteiger partial charge in [0, 0.05) is 12.6 Å². The number of nitrogens with one attached hydrogen (secondary N) is 2. The number of hydrogen-bond acceptors (Lipinski definition) is 6. The molecule has 0 radical (unpaired) electrons. The number of amides is 2. The zero-order valence-corrected chi connectivity index (χ0v) is 10.8. The zero-order valence-electron chi connectivity index (χ0n) is 10.8. The third kappa shape index (κ3) is 3.83. The molecule has 20 heavy (non-hydrogen) atoms. The van der Waals surface area contributed by atoms with E-state index in [-0.39, 0.29) is 18.4 Å². The van der Waals surface area contributed by atoms with E-state index in [1.165, 1.54) is 23.4 Å². The summed E-state index contributed by atoms with van der Waals surface area (Å²) in [5.41, 5.74) is 0. The Hall–Kier alpha value is -2.84. The van der Waals surface area contributed by atoms with Crippen LogP contribution >= 0.6 is 0 Å². The first-order valence-corrected chi connectivity index (χ1v) is 5.93. The molecule has 2 heterocycles. The average Bonchev–Trinajstić information content (AvgIpc) is 2.86. The lowest BCUT2D eigenvalue weighted by atomic mass is 10.4. The number of carbonyl (C=O) groups is 2. The molecule has 2 aromatic heterocycles. The van der Waals surface area contributed by atoms with E-state index in [0.29, 0.717) is 18.1 Å². The Labute approximate surface area is 114 Å². The molecule has 0 spiro atoms. The number of carbonyl (C=O) groups excluding carboxylic acids is 2. The summed E-state index contributed by atoms with van der Waals surface area (Å²) < 4.78 is 1.32. The molecule has 104 valence electrons. The summed E-state index contributed by atoms with van der Waals surface area (Å²) in [4.78, 5) is 30.5. The quantitative estimate of drug-likeness (QED) is 0.797. The number of nitrogens with zero attached hydrogens (tertiary/aromatic N) is 5. The Morgan fingerprint density at radius 1 is 1.25 bits per heavy atom. The van der Waals surface area contributed by atoms with E-state index in [2.05, 4.69) is 30.9 Å². The van der Waals surface area contributed by atoms with Gasteiger partial charge in [0.1, 0.15) is 18.7 Å². The van der Waals surface area contributed by atoms with Crippen molar-refractivity contribution in [1.29, 1.82) is 0 Å². The van der Waals surface area contributed by atoms with Crippen LogP contribution in [0.4, 0.5) is 11.6 Å². The molecular formula is C11H13N7O2. The predicted octanol–water partition coefficient (Wildman–Crippen LogP) is 0.0553. The summed E-state index contributed by atoms with van der Waals surface area (Å²) in [7, 11) is 0. The normalized spacial score (nSPS) is 10.1. The minimum Gasteiger partial charge on any atom is -0.309 e. The van der Waals surface area contributed by atoms with Crippen molar-refractivity contribution >= 4 is 23.5 Å². The minimum absolute atomic E-state index is 0.0288. The van der Waals surface area contributed by atoms with Gasteiger partial charge in [-0.05, 0) is 6.07 Å². The molecule has 0 aromatic carbocycles. The maximum atomic E-state index is 11.7. The first-order valence-electron chi connectivity index (χ1n) is 5.93. The van der Waals surface area contributed by atoms with Gasteiger partial charge in [-0.2, -0.15) is 0 Å². The van der Waals surface area contributed by atoms with Crippen LogP contribution in [0, 0.1) is 0 Å². The third-order valence-electron chi connectivity index (χ3n) is 2.28. The smallest absolute Gasteiger partial charge is 0.247 e.